The van der Waals surface area contributed by atoms with Crippen LogP contribution in [0, 0.1) is 0 Å². The van der Waals surface area contributed by atoms with Gasteiger partial charge in [0.25, 0.3) is 17.7 Å². The Morgan fingerprint density at radius 2 is 1.57 bits per heavy atom. The maximum Gasteiger partial charge on any atom is 0.335 e. The Morgan fingerprint density at radius 3 is 2.22 bits per heavy atom. The summed E-state index contributed by atoms with van der Waals surface area (Å²) in [5.74, 6) is -2.18. The quantitative estimate of drug-likeness (QED) is 0.276. The van der Waals surface area contributed by atoms with Gasteiger partial charge < -0.3 is 10.1 Å². The number of rotatable bonds is 6. The van der Waals surface area contributed by atoms with Crippen LogP contribution in [0.2, 0.25) is 20.1 Å². The molecule has 0 spiro atoms. The van der Waals surface area contributed by atoms with E-state index in [0.717, 1.165) is 4.90 Å². The summed E-state index contributed by atoms with van der Waals surface area (Å²) in [6, 6.07) is 14.8. The van der Waals surface area contributed by atoms with Gasteiger partial charge in [-0.1, -0.05) is 64.6 Å². The molecular formula is C25H15Cl4N3O5. The zero-order valence-electron chi connectivity index (χ0n) is 18.6. The predicted octanol–water partition coefficient (Wildman–Crippen LogP) is 5.98. The number of ether oxygens (including phenoxy) is 1. The van der Waals surface area contributed by atoms with Crippen LogP contribution in [0.4, 0.5) is 16.2 Å². The van der Waals surface area contributed by atoms with Crippen molar-refractivity contribution >= 4 is 87.6 Å². The van der Waals surface area contributed by atoms with Crippen LogP contribution in [-0.4, -0.2) is 30.4 Å². The standard InChI is InChI=1S/C25H15Cl4N3O5/c26-17-7-6-15(11-18(17)27)32-24(35)16(23(34)31-25(32)36)8-13-9-19(28)22(20(29)10-13)37-12-21(33)30-14-4-2-1-3-5-14/h1-11H,12H2,(H,30,33)(H,31,34,36)/b16-8-. The Hall–Kier alpha value is -3.56. The van der Waals surface area contributed by atoms with E-state index in [1.54, 1.807) is 24.3 Å². The van der Waals surface area contributed by atoms with E-state index in [4.69, 9.17) is 51.1 Å². The Bertz CT molecular complexity index is 1440. The summed E-state index contributed by atoms with van der Waals surface area (Å²) in [6.45, 7) is -0.365. The molecule has 0 saturated carbocycles. The highest BCUT2D eigenvalue weighted by Crippen LogP contribution is 2.35. The zero-order chi connectivity index (χ0) is 26.7. The lowest BCUT2D eigenvalue weighted by Gasteiger charge is -2.26. The van der Waals surface area contributed by atoms with Crippen LogP contribution < -0.4 is 20.3 Å². The lowest BCUT2D eigenvalue weighted by molar-refractivity contribution is -0.122. The maximum absolute atomic E-state index is 13.1. The van der Waals surface area contributed by atoms with Gasteiger partial charge in [-0.15, -0.1) is 0 Å². The highest BCUT2D eigenvalue weighted by Gasteiger charge is 2.37. The second kappa shape index (κ2) is 11.2. The SMILES string of the molecule is O=C(COc1c(Cl)cc(/C=C2/C(=O)NC(=O)N(c3ccc(Cl)c(Cl)c3)C2=O)cc1Cl)Nc1ccccc1. The molecule has 1 saturated heterocycles. The van der Waals surface area contributed by atoms with Crippen molar-refractivity contribution in [3.8, 4) is 5.75 Å². The lowest BCUT2D eigenvalue weighted by Crippen LogP contribution is -2.54. The van der Waals surface area contributed by atoms with E-state index in [1.807, 2.05) is 6.07 Å². The van der Waals surface area contributed by atoms with Crippen LogP contribution in [0.5, 0.6) is 5.75 Å². The first-order valence-electron chi connectivity index (χ1n) is 10.5. The van der Waals surface area contributed by atoms with Crippen molar-refractivity contribution in [2.24, 2.45) is 0 Å². The van der Waals surface area contributed by atoms with Crippen LogP contribution >= 0.6 is 46.4 Å². The van der Waals surface area contributed by atoms with Crippen molar-refractivity contribution < 1.29 is 23.9 Å². The van der Waals surface area contributed by atoms with Crippen LogP contribution in [0.15, 0.2) is 66.2 Å². The van der Waals surface area contributed by atoms with E-state index in [0.29, 0.717) is 5.69 Å². The summed E-state index contributed by atoms with van der Waals surface area (Å²) in [5, 5.41) is 5.19. The number of anilines is 2. The number of nitrogens with one attached hydrogen (secondary N) is 2. The van der Waals surface area contributed by atoms with Crippen molar-refractivity contribution in [3.63, 3.8) is 0 Å². The molecule has 37 heavy (non-hydrogen) atoms. The van der Waals surface area contributed by atoms with Gasteiger partial charge >= 0.3 is 6.03 Å². The molecule has 1 heterocycles. The van der Waals surface area contributed by atoms with Crippen molar-refractivity contribution in [2.45, 2.75) is 0 Å². The number of halogens is 4. The summed E-state index contributed by atoms with van der Waals surface area (Å²) >= 11 is 24.5. The molecule has 1 aliphatic heterocycles. The van der Waals surface area contributed by atoms with Gasteiger partial charge in [-0.25, -0.2) is 9.69 Å². The Labute approximate surface area is 230 Å². The highest BCUT2D eigenvalue weighted by molar-refractivity contribution is 6.43. The molecule has 4 rings (SSSR count). The molecule has 5 amide bonds. The second-order valence-electron chi connectivity index (χ2n) is 7.57. The number of nitrogens with zero attached hydrogens (tertiary/aromatic N) is 1. The molecule has 1 aliphatic rings. The van der Waals surface area contributed by atoms with E-state index in [-0.39, 0.29) is 49.3 Å². The molecule has 3 aromatic carbocycles. The van der Waals surface area contributed by atoms with Gasteiger partial charge in [0.15, 0.2) is 12.4 Å². The fourth-order valence-corrected chi connectivity index (χ4v) is 4.25. The molecule has 0 bridgehead atoms. The van der Waals surface area contributed by atoms with Crippen molar-refractivity contribution in [2.75, 3.05) is 16.8 Å². The summed E-state index contributed by atoms with van der Waals surface area (Å²) in [4.78, 5) is 50.8. The van der Waals surface area contributed by atoms with Gasteiger partial charge in [0.2, 0.25) is 0 Å². The third-order valence-corrected chi connectivity index (χ3v) is 6.30. The molecule has 8 nitrogen and oxygen atoms in total. The Kier molecular flexibility index (Phi) is 8.04. The van der Waals surface area contributed by atoms with Gasteiger partial charge in [0, 0.05) is 5.69 Å². The number of imide groups is 2. The number of benzene rings is 3. The number of urea groups is 1. The minimum Gasteiger partial charge on any atom is -0.481 e. The number of hydrogen-bond acceptors (Lipinski definition) is 5. The summed E-state index contributed by atoms with van der Waals surface area (Å²) < 4.78 is 5.48. The summed E-state index contributed by atoms with van der Waals surface area (Å²) in [7, 11) is 0. The smallest absolute Gasteiger partial charge is 0.335 e. The topological polar surface area (TPSA) is 105 Å². The number of barbiturate groups is 1. The Morgan fingerprint density at radius 1 is 0.892 bits per heavy atom. The van der Waals surface area contributed by atoms with Gasteiger partial charge in [-0.05, 0) is 54.1 Å². The number of para-hydroxylation sites is 1. The molecule has 0 aromatic heterocycles. The molecule has 0 unspecified atom stereocenters. The van der Waals surface area contributed by atoms with Gasteiger partial charge in [-0.2, -0.15) is 0 Å². The van der Waals surface area contributed by atoms with Crippen LogP contribution in [-0.2, 0) is 14.4 Å². The molecule has 188 valence electrons. The van der Waals surface area contributed by atoms with E-state index in [1.165, 1.54) is 36.4 Å². The minimum atomic E-state index is -0.945. The zero-order valence-corrected chi connectivity index (χ0v) is 21.6. The fraction of sp³-hybridized carbons (Fsp3) is 0.0400. The van der Waals surface area contributed by atoms with Crippen molar-refractivity contribution in [1.82, 2.24) is 5.32 Å². The number of hydrogen-bond donors (Lipinski definition) is 2. The monoisotopic (exact) mass is 577 g/mol. The number of carbonyl (C=O) groups excluding carboxylic acids is 4. The Balaban J connectivity index is 1.54. The first-order chi connectivity index (χ1) is 17.6. The fourth-order valence-electron chi connectivity index (χ4n) is 3.34. The number of carbonyl (C=O) groups is 4. The lowest BCUT2D eigenvalue weighted by atomic mass is 10.1. The highest BCUT2D eigenvalue weighted by atomic mass is 35.5. The molecular weight excluding hydrogens is 564 g/mol. The molecule has 2 N–H and O–H groups in total. The third-order valence-electron chi connectivity index (χ3n) is 5.00. The third kappa shape index (κ3) is 6.06. The summed E-state index contributed by atoms with van der Waals surface area (Å²) in [5.41, 5.74) is 0.634. The maximum atomic E-state index is 13.1. The molecule has 12 heteroatoms. The largest absolute Gasteiger partial charge is 0.481 e. The van der Waals surface area contributed by atoms with Gasteiger partial charge in [0.1, 0.15) is 5.57 Å². The summed E-state index contributed by atoms with van der Waals surface area (Å²) in [6.07, 6.45) is 1.22. The molecule has 3 aromatic rings. The van der Waals surface area contributed by atoms with Gasteiger partial charge in [-0.3, -0.25) is 19.7 Å². The van der Waals surface area contributed by atoms with Crippen LogP contribution in [0.25, 0.3) is 6.08 Å². The first kappa shape index (κ1) is 26.5. The van der Waals surface area contributed by atoms with E-state index in [2.05, 4.69) is 10.6 Å². The molecule has 0 atom stereocenters. The van der Waals surface area contributed by atoms with E-state index >= 15 is 0 Å². The minimum absolute atomic E-state index is 0.0351. The first-order valence-corrected chi connectivity index (χ1v) is 12.0. The second-order valence-corrected chi connectivity index (χ2v) is 9.20. The molecule has 0 aliphatic carbocycles. The van der Waals surface area contributed by atoms with Gasteiger partial charge in [0.05, 0.1) is 25.8 Å². The van der Waals surface area contributed by atoms with E-state index in [9.17, 15) is 19.2 Å². The average molecular weight is 579 g/mol. The molecule has 1 fully saturated rings. The predicted molar refractivity (Wildman–Crippen MR) is 142 cm³/mol. The van der Waals surface area contributed by atoms with Crippen molar-refractivity contribution in [1.29, 1.82) is 0 Å². The average Bonchev–Trinajstić information content (AvgIpc) is 2.84. The van der Waals surface area contributed by atoms with Crippen molar-refractivity contribution in [3.05, 3.63) is 91.9 Å². The van der Waals surface area contributed by atoms with E-state index < -0.39 is 23.8 Å². The van der Waals surface area contributed by atoms with Crippen LogP contribution in [0.3, 0.4) is 0 Å². The normalized spacial score (nSPS) is 14.5. The molecule has 0 radical (unpaired) electrons. The number of amides is 5. The van der Waals surface area contributed by atoms with Crippen LogP contribution in [0.1, 0.15) is 5.56 Å².